The number of carbonyl (C=O) groups excluding carboxylic acids is 2. The van der Waals surface area contributed by atoms with Gasteiger partial charge in [-0.3, -0.25) is 9.59 Å². The number of amides is 2. The van der Waals surface area contributed by atoms with Crippen molar-refractivity contribution in [1.29, 1.82) is 0 Å². The summed E-state index contributed by atoms with van der Waals surface area (Å²) in [5.41, 5.74) is 0.985. The van der Waals surface area contributed by atoms with E-state index >= 15 is 0 Å². The maximum atomic E-state index is 12.9. The average molecular weight is 457 g/mol. The van der Waals surface area contributed by atoms with Gasteiger partial charge in [0.2, 0.25) is 5.91 Å². The van der Waals surface area contributed by atoms with E-state index in [1.165, 1.54) is 24.2 Å². The van der Waals surface area contributed by atoms with Crippen LogP contribution in [0.25, 0.3) is 0 Å². The molecule has 1 saturated carbocycles. The molecule has 0 radical (unpaired) electrons. The fourth-order valence-corrected chi connectivity index (χ4v) is 5.24. The molecule has 0 spiro atoms. The van der Waals surface area contributed by atoms with Crippen LogP contribution < -0.4 is 14.8 Å². The molecular weight excluding hydrogens is 424 g/mol. The first-order valence-electron chi connectivity index (χ1n) is 11.5. The van der Waals surface area contributed by atoms with Gasteiger partial charge in [0.15, 0.2) is 11.5 Å². The second-order valence-electron chi connectivity index (χ2n) is 8.71. The fraction of sp³-hybridized carbons (Fsp3) is 0.520. The monoisotopic (exact) mass is 456 g/mol. The molecule has 1 saturated heterocycles. The van der Waals surface area contributed by atoms with Crippen LogP contribution in [0, 0.1) is 5.92 Å². The van der Waals surface area contributed by atoms with E-state index in [9.17, 15) is 9.59 Å². The molecule has 2 heterocycles. The molecular formula is C25H32N2O4S. The second kappa shape index (κ2) is 10.4. The van der Waals surface area contributed by atoms with E-state index in [4.69, 9.17) is 9.47 Å². The Labute approximate surface area is 193 Å². The summed E-state index contributed by atoms with van der Waals surface area (Å²) in [4.78, 5) is 28.0. The Balaban J connectivity index is 1.31. The number of likely N-dealkylation sites (tertiary alicyclic amines) is 1. The topological polar surface area (TPSA) is 67.9 Å². The standard InChI is InChI=1S/C25H32N2O4S/c1-17(19-9-10-21(22(16-19)30-2)31-20-6-3-4-7-20)26-24(28)18-11-13-27(14-12-18)25(29)23-8-5-15-32-23/h5,8-10,15-18,20H,3-4,6-7,11-14H2,1-2H3,(H,26,28). The third-order valence-electron chi connectivity index (χ3n) is 6.53. The maximum Gasteiger partial charge on any atom is 0.263 e. The molecule has 4 rings (SSSR count). The second-order valence-corrected chi connectivity index (χ2v) is 9.66. The first kappa shape index (κ1) is 22.6. The summed E-state index contributed by atoms with van der Waals surface area (Å²) in [5, 5.41) is 5.06. The van der Waals surface area contributed by atoms with Crippen molar-refractivity contribution < 1.29 is 19.1 Å². The zero-order chi connectivity index (χ0) is 22.5. The number of rotatable bonds is 7. The van der Waals surface area contributed by atoms with E-state index in [0.29, 0.717) is 31.7 Å². The van der Waals surface area contributed by atoms with Crippen LogP contribution in [0.5, 0.6) is 11.5 Å². The number of thiophene rings is 1. The fourth-order valence-electron chi connectivity index (χ4n) is 4.55. The molecule has 2 aliphatic rings. The van der Waals surface area contributed by atoms with Gasteiger partial charge < -0.3 is 19.7 Å². The number of piperidine rings is 1. The van der Waals surface area contributed by atoms with E-state index in [2.05, 4.69) is 5.32 Å². The normalized spacial score (nSPS) is 18.4. The summed E-state index contributed by atoms with van der Waals surface area (Å²) in [7, 11) is 1.65. The van der Waals surface area contributed by atoms with Gasteiger partial charge in [-0.2, -0.15) is 0 Å². The Morgan fingerprint density at radius 1 is 1.09 bits per heavy atom. The predicted molar refractivity (Wildman–Crippen MR) is 125 cm³/mol. The van der Waals surface area contributed by atoms with Crippen molar-refractivity contribution in [3.8, 4) is 11.5 Å². The van der Waals surface area contributed by atoms with Crippen LogP contribution in [0.15, 0.2) is 35.7 Å². The summed E-state index contributed by atoms with van der Waals surface area (Å²) in [6.45, 7) is 3.22. The lowest BCUT2D eigenvalue weighted by Crippen LogP contribution is -2.43. The highest BCUT2D eigenvalue weighted by Crippen LogP contribution is 2.34. The number of hydrogen-bond donors (Lipinski definition) is 1. The summed E-state index contributed by atoms with van der Waals surface area (Å²) < 4.78 is 11.7. The van der Waals surface area contributed by atoms with Gasteiger partial charge in [-0.25, -0.2) is 0 Å². The number of nitrogens with one attached hydrogen (secondary N) is 1. The lowest BCUT2D eigenvalue weighted by atomic mass is 9.95. The van der Waals surface area contributed by atoms with Crippen LogP contribution >= 0.6 is 11.3 Å². The van der Waals surface area contributed by atoms with E-state index in [1.807, 2.05) is 47.5 Å². The Hall–Kier alpha value is -2.54. The number of carbonyl (C=O) groups is 2. The number of nitrogens with zero attached hydrogens (tertiary/aromatic N) is 1. The SMILES string of the molecule is COc1cc(C(C)NC(=O)C2CCN(C(=O)c3cccs3)CC2)ccc1OC1CCCC1. The summed E-state index contributed by atoms with van der Waals surface area (Å²) >= 11 is 1.46. The lowest BCUT2D eigenvalue weighted by Gasteiger charge is -2.31. The van der Waals surface area contributed by atoms with Gasteiger partial charge in [0, 0.05) is 19.0 Å². The summed E-state index contributed by atoms with van der Waals surface area (Å²) in [6, 6.07) is 9.51. The average Bonchev–Trinajstić information content (AvgIpc) is 3.53. The zero-order valence-electron chi connectivity index (χ0n) is 18.8. The Morgan fingerprint density at radius 3 is 2.50 bits per heavy atom. The van der Waals surface area contributed by atoms with Crippen molar-refractivity contribution in [2.75, 3.05) is 20.2 Å². The van der Waals surface area contributed by atoms with Crippen LogP contribution in [-0.4, -0.2) is 43.0 Å². The first-order chi connectivity index (χ1) is 15.5. The lowest BCUT2D eigenvalue weighted by molar-refractivity contribution is -0.127. The molecule has 2 amide bonds. The number of benzene rings is 1. The van der Waals surface area contributed by atoms with E-state index in [0.717, 1.165) is 29.0 Å². The van der Waals surface area contributed by atoms with Gasteiger partial charge in [0.05, 0.1) is 24.1 Å². The molecule has 1 N–H and O–H groups in total. The molecule has 2 aromatic rings. The minimum absolute atomic E-state index is 0.0472. The van der Waals surface area contributed by atoms with Gasteiger partial charge in [0.1, 0.15) is 0 Å². The molecule has 1 atom stereocenters. The van der Waals surface area contributed by atoms with Crippen LogP contribution in [0.4, 0.5) is 0 Å². The highest BCUT2D eigenvalue weighted by Gasteiger charge is 2.29. The van der Waals surface area contributed by atoms with Gasteiger partial charge in [0.25, 0.3) is 5.91 Å². The maximum absolute atomic E-state index is 12.9. The largest absolute Gasteiger partial charge is 0.493 e. The van der Waals surface area contributed by atoms with Crippen LogP contribution in [0.3, 0.4) is 0 Å². The first-order valence-corrected chi connectivity index (χ1v) is 12.4. The Morgan fingerprint density at radius 2 is 1.84 bits per heavy atom. The van der Waals surface area contributed by atoms with E-state index in [1.54, 1.807) is 7.11 Å². The van der Waals surface area contributed by atoms with Crippen LogP contribution in [0.1, 0.15) is 66.7 Å². The third kappa shape index (κ3) is 5.26. The number of hydrogen-bond acceptors (Lipinski definition) is 5. The smallest absolute Gasteiger partial charge is 0.263 e. The molecule has 0 bridgehead atoms. The molecule has 7 heteroatoms. The van der Waals surface area contributed by atoms with Gasteiger partial charge in [-0.1, -0.05) is 12.1 Å². The minimum Gasteiger partial charge on any atom is -0.493 e. The molecule has 32 heavy (non-hydrogen) atoms. The van der Waals surface area contributed by atoms with Crippen molar-refractivity contribution >= 4 is 23.2 Å². The summed E-state index contributed by atoms with van der Waals surface area (Å²) in [6.07, 6.45) is 6.26. The Kier molecular flexibility index (Phi) is 7.35. The van der Waals surface area contributed by atoms with E-state index < -0.39 is 0 Å². The highest BCUT2D eigenvalue weighted by atomic mass is 32.1. The molecule has 6 nitrogen and oxygen atoms in total. The predicted octanol–water partition coefficient (Wildman–Crippen LogP) is 4.81. The number of methoxy groups -OCH3 is 1. The van der Waals surface area contributed by atoms with E-state index in [-0.39, 0.29) is 29.9 Å². The molecule has 172 valence electrons. The van der Waals surface area contributed by atoms with Crippen molar-refractivity contribution in [3.63, 3.8) is 0 Å². The van der Waals surface area contributed by atoms with Gasteiger partial charge in [-0.05, 0) is 74.6 Å². The van der Waals surface area contributed by atoms with Crippen LogP contribution in [0.2, 0.25) is 0 Å². The van der Waals surface area contributed by atoms with Crippen LogP contribution in [-0.2, 0) is 4.79 Å². The molecule has 1 aromatic carbocycles. The van der Waals surface area contributed by atoms with Gasteiger partial charge in [-0.15, -0.1) is 11.3 Å². The van der Waals surface area contributed by atoms with Crippen molar-refractivity contribution in [1.82, 2.24) is 10.2 Å². The molecule has 1 aliphatic carbocycles. The number of ether oxygens (including phenoxy) is 2. The molecule has 2 fully saturated rings. The van der Waals surface area contributed by atoms with Crippen molar-refractivity contribution in [2.45, 2.75) is 57.6 Å². The van der Waals surface area contributed by atoms with Crippen molar-refractivity contribution in [2.24, 2.45) is 5.92 Å². The Bertz CT molecular complexity index is 916. The van der Waals surface area contributed by atoms with Crippen molar-refractivity contribution in [3.05, 3.63) is 46.2 Å². The molecule has 1 aromatic heterocycles. The third-order valence-corrected chi connectivity index (χ3v) is 7.39. The summed E-state index contributed by atoms with van der Waals surface area (Å²) in [5.74, 6) is 1.52. The quantitative estimate of drug-likeness (QED) is 0.649. The molecule has 1 unspecified atom stereocenters. The minimum atomic E-state index is -0.136. The highest BCUT2D eigenvalue weighted by molar-refractivity contribution is 7.12. The van der Waals surface area contributed by atoms with Gasteiger partial charge >= 0.3 is 0 Å². The zero-order valence-corrected chi connectivity index (χ0v) is 19.7. The molecule has 1 aliphatic heterocycles.